The van der Waals surface area contributed by atoms with Crippen molar-refractivity contribution in [3.8, 4) is 0 Å². The fourth-order valence-corrected chi connectivity index (χ4v) is 3.53. The number of non-ortho nitro benzene ring substituents is 1. The van der Waals surface area contributed by atoms with E-state index < -0.39 is 21.0 Å². The molecule has 7 nitrogen and oxygen atoms in total. The maximum atomic E-state index is 12.3. The molecule has 0 fully saturated rings. The number of nitrogens with one attached hydrogen (secondary N) is 1. The molecule has 0 aliphatic carbocycles. The molecule has 0 aliphatic heterocycles. The molecule has 1 aromatic carbocycles. The molecule has 8 heteroatoms. The topological polar surface area (TPSA) is 110 Å². The zero-order valence-corrected chi connectivity index (χ0v) is 13.1. The van der Waals surface area contributed by atoms with Crippen molar-refractivity contribution in [2.75, 3.05) is 6.61 Å². The fourth-order valence-electron chi connectivity index (χ4n) is 2.06. The zero-order chi connectivity index (χ0) is 16.2. The van der Waals surface area contributed by atoms with Crippen LogP contribution in [0.4, 0.5) is 5.69 Å². The van der Waals surface area contributed by atoms with Gasteiger partial charge in [0.25, 0.3) is 5.69 Å². The molecule has 0 saturated carbocycles. The predicted molar refractivity (Wildman–Crippen MR) is 78.5 cm³/mol. The molecule has 0 amide bonds. The van der Waals surface area contributed by atoms with Crippen molar-refractivity contribution in [2.45, 2.75) is 38.1 Å². The molecule has 21 heavy (non-hydrogen) atoms. The van der Waals surface area contributed by atoms with E-state index in [4.69, 9.17) is 0 Å². The summed E-state index contributed by atoms with van der Waals surface area (Å²) in [5.74, 6) is 0.225. The molecule has 0 aromatic heterocycles. The molecule has 0 aliphatic rings. The number of hydrogen-bond acceptors (Lipinski definition) is 5. The van der Waals surface area contributed by atoms with Gasteiger partial charge in [0.2, 0.25) is 10.0 Å². The highest BCUT2D eigenvalue weighted by Crippen LogP contribution is 2.21. The predicted octanol–water partition coefficient (Wildman–Crippen LogP) is 1.59. The smallest absolute Gasteiger partial charge is 0.269 e. The molecule has 0 spiro atoms. The number of nitro benzene ring substituents is 1. The summed E-state index contributed by atoms with van der Waals surface area (Å²) >= 11 is 0. The molecule has 1 atom stereocenters. The Morgan fingerprint density at radius 1 is 1.38 bits per heavy atom. The molecule has 0 saturated heterocycles. The Morgan fingerprint density at radius 3 is 2.43 bits per heavy atom. The molecule has 0 bridgehead atoms. The van der Waals surface area contributed by atoms with Crippen molar-refractivity contribution in [1.82, 2.24) is 4.72 Å². The number of nitrogens with zero attached hydrogens (tertiary/aromatic N) is 1. The summed E-state index contributed by atoms with van der Waals surface area (Å²) in [6, 6.07) is 2.99. The second-order valence-electron chi connectivity index (χ2n) is 5.34. The maximum Gasteiger partial charge on any atom is 0.269 e. The first-order valence-electron chi connectivity index (χ1n) is 6.55. The second kappa shape index (κ2) is 6.97. The highest BCUT2D eigenvalue weighted by atomic mass is 32.2. The third-order valence-electron chi connectivity index (χ3n) is 2.96. The first-order chi connectivity index (χ1) is 9.67. The maximum absolute atomic E-state index is 12.3. The van der Waals surface area contributed by atoms with E-state index in [0.717, 1.165) is 6.07 Å². The molecule has 1 unspecified atom stereocenters. The van der Waals surface area contributed by atoms with E-state index in [1.54, 1.807) is 0 Å². The number of sulfonamides is 1. The van der Waals surface area contributed by atoms with Gasteiger partial charge < -0.3 is 5.11 Å². The van der Waals surface area contributed by atoms with Crippen LogP contribution in [0.1, 0.15) is 25.8 Å². The van der Waals surface area contributed by atoms with Crippen molar-refractivity contribution in [2.24, 2.45) is 5.92 Å². The summed E-state index contributed by atoms with van der Waals surface area (Å²) in [5, 5.41) is 19.9. The van der Waals surface area contributed by atoms with E-state index in [1.807, 2.05) is 13.8 Å². The largest absolute Gasteiger partial charge is 0.395 e. The van der Waals surface area contributed by atoms with Gasteiger partial charge in [-0.2, -0.15) is 0 Å². The third-order valence-corrected chi connectivity index (χ3v) is 4.64. The van der Waals surface area contributed by atoms with Crippen LogP contribution in [0, 0.1) is 23.0 Å². The van der Waals surface area contributed by atoms with E-state index in [-0.39, 0.29) is 28.7 Å². The van der Waals surface area contributed by atoms with Crippen molar-refractivity contribution < 1.29 is 18.4 Å². The average molecular weight is 316 g/mol. The molecule has 2 N–H and O–H groups in total. The minimum atomic E-state index is -3.82. The van der Waals surface area contributed by atoms with Gasteiger partial charge in [-0.05, 0) is 30.9 Å². The van der Waals surface area contributed by atoms with Crippen LogP contribution in [-0.2, 0) is 10.0 Å². The van der Waals surface area contributed by atoms with Crippen LogP contribution in [0.15, 0.2) is 23.1 Å². The van der Waals surface area contributed by atoms with E-state index in [0.29, 0.717) is 6.42 Å². The first kappa shape index (κ1) is 17.5. The number of aryl methyl sites for hydroxylation is 1. The van der Waals surface area contributed by atoms with E-state index >= 15 is 0 Å². The minimum Gasteiger partial charge on any atom is -0.395 e. The van der Waals surface area contributed by atoms with Gasteiger partial charge >= 0.3 is 0 Å². The van der Waals surface area contributed by atoms with Crippen LogP contribution in [0.5, 0.6) is 0 Å². The van der Waals surface area contributed by atoms with Gasteiger partial charge in [0.15, 0.2) is 0 Å². The fraction of sp³-hybridized carbons (Fsp3) is 0.538. The Balaban J connectivity index is 3.05. The van der Waals surface area contributed by atoms with Crippen LogP contribution in [0.25, 0.3) is 0 Å². The van der Waals surface area contributed by atoms with Crippen molar-refractivity contribution in [1.29, 1.82) is 0 Å². The SMILES string of the molecule is Cc1cc([N+](=O)[O-])ccc1S(=O)(=O)NC(CO)CC(C)C. The summed E-state index contributed by atoms with van der Waals surface area (Å²) in [4.78, 5) is 10.1. The zero-order valence-electron chi connectivity index (χ0n) is 12.2. The van der Waals surface area contributed by atoms with Crippen molar-refractivity contribution in [3.63, 3.8) is 0 Å². The minimum absolute atomic E-state index is 0.0182. The lowest BCUT2D eigenvalue weighted by Gasteiger charge is -2.19. The monoisotopic (exact) mass is 316 g/mol. The molecule has 0 radical (unpaired) electrons. The molecular formula is C13H20N2O5S. The van der Waals surface area contributed by atoms with Crippen LogP contribution in [0.2, 0.25) is 0 Å². The van der Waals surface area contributed by atoms with Gasteiger partial charge in [0.1, 0.15) is 0 Å². The number of hydrogen-bond donors (Lipinski definition) is 2. The molecule has 1 rings (SSSR count). The summed E-state index contributed by atoms with van der Waals surface area (Å²) in [6.45, 7) is 5.05. The second-order valence-corrected chi connectivity index (χ2v) is 7.02. The van der Waals surface area contributed by atoms with Crippen molar-refractivity contribution in [3.05, 3.63) is 33.9 Å². The van der Waals surface area contributed by atoms with Crippen molar-refractivity contribution >= 4 is 15.7 Å². The van der Waals surface area contributed by atoms with Gasteiger partial charge in [0, 0.05) is 18.2 Å². The molecule has 118 valence electrons. The summed E-state index contributed by atoms with van der Waals surface area (Å²) < 4.78 is 27.0. The van der Waals surface area contributed by atoms with Crippen LogP contribution < -0.4 is 4.72 Å². The number of nitro groups is 1. The Hall–Kier alpha value is -1.51. The standard InChI is InChI=1S/C13H20N2O5S/c1-9(2)6-11(8-16)14-21(19,20)13-5-4-12(15(17)18)7-10(13)3/h4-5,7,9,11,14,16H,6,8H2,1-3H3. The molecule has 0 heterocycles. The number of aliphatic hydroxyl groups excluding tert-OH is 1. The summed E-state index contributed by atoms with van der Waals surface area (Å²) in [6.07, 6.45) is 0.502. The number of rotatable bonds is 7. The summed E-state index contributed by atoms with van der Waals surface area (Å²) in [5.41, 5.74) is 0.130. The summed E-state index contributed by atoms with van der Waals surface area (Å²) in [7, 11) is -3.82. The first-order valence-corrected chi connectivity index (χ1v) is 8.04. The third kappa shape index (κ3) is 4.76. The highest BCUT2D eigenvalue weighted by Gasteiger charge is 2.23. The Labute approximate surface area is 124 Å². The molecule has 1 aromatic rings. The Kier molecular flexibility index (Phi) is 5.82. The molecular weight excluding hydrogens is 296 g/mol. The number of benzene rings is 1. The Bertz CT molecular complexity index is 613. The highest BCUT2D eigenvalue weighted by molar-refractivity contribution is 7.89. The van der Waals surface area contributed by atoms with Gasteiger partial charge in [-0.25, -0.2) is 13.1 Å². The van der Waals surface area contributed by atoms with E-state index in [2.05, 4.69) is 4.72 Å². The lowest BCUT2D eigenvalue weighted by molar-refractivity contribution is -0.385. The van der Waals surface area contributed by atoms with Gasteiger partial charge in [-0.3, -0.25) is 10.1 Å². The van der Waals surface area contributed by atoms with E-state index in [1.165, 1.54) is 19.1 Å². The Morgan fingerprint density at radius 2 is 2.00 bits per heavy atom. The van der Waals surface area contributed by atoms with Gasteiger partial charge in [-0.15, -0.1) is 0 Å². The van der Waals surface area contributed by atoms with Gasteiger partial charge in [0.05, 0.1) is 16.4 Å². The average Bonchev–Trinajstić information content (AvgIpc) is 2.36. The van der Waals surface area contributed by atoms with Crippen LogP contribution >= 0.6 is 0 Å². The lowest BCUT2D eigenvalue weighted by atomic mass is 10.1. The van der Waals surface area contributed by atoms with E-state index in [9.17, 15) is 23.6 Å². The van der Waals surface area contributed by atoms with Crippen LogP contribution in [-0.4, -0.2) is 31.1 Å². The quantitative estimate of drug-likeness (QED) is 0.586. The van der Waals surface area contributed by atoms with Crippen LogP contribution in [0.3, 0.4) is 0 Å². The number of aliphatic hydroxyl groups is 1. The normalized spacial score (nSPS) is 13.4. The van der Waals surface area contributed by atoms with Gasteiger partial charge in [-0.1, -0.05) is 13.8 Å². The lowest BCUT2D eigenvalue weighted by Crippen LogP contribution is -2.38.